The molecule has 40 heavy (non-hydrogen) atoms. The second-order valence-corrected chi connectivity index (χ2v) is 10.6. The lowest BCUT2D eigenvalue weighted by Crippen LogP contribution is -2.53. The normalized spacial score (nSPS) is 18.9. The molecule has 2 atom stereocenters. The number of hydrogen-bond acceptors (Lipinski definition) is 5. The number of halogens is 3. The summed E-state index contributed by atoms with van der Waals surface area (Å²) < 4.78 is 47.9. The highest BCUT2D eigenvalue weighted by atomic mass is 79.9. The van der Waals surface area contributed by atoms with Gasteiger partial charge in [0, 0.05) is 10.0 Å². The molecule has 206 valence electrons. The predicted octanol–water partition coefficient (Wildman–Crippen LogP) is 7.13. The van der Waals surface area contributed by atoms with Crippen LogP contribution >= 0.6 is 15.9 Å². The molecule has 1 aliphatic heterocycles. The number of aliphatic imine (C=N–C) groups is 1. The molecular weight excluding hydrogens is 578 g/mol. The van der Waals surface area contributed by atoms with E-state index in [1.165, 1.54) is 6.07 Å². The smallest absolute Gasteiger partial charge is 0.286 e. The Kier molecular flexibility index (Phi) is 7.81. The molecule has 5 nitrogen and oxygen atoms in total. The average molecular weight is 607 g/mol. The van der Waals surface area contributed by atoms with E-state index in [1.54, 1.807) is 33.3 Å². The first-order chi connectivity index (χ1) is 19.3. The van der Waals surface area contributed by atoms with Crippen molar-refractivity contribution in [3.63, 3.8) is 0 Å². The van der Waals surface area contributed by atoms with Crippen molar-refractivity contribution in [2.24, 2.45) is 4.99 Å². The van der Waals surface area contributed by atoms with E-state index in [4.69, 9.17) is 19.2 Å². The molecular formula is C32H29BrF2N2O3. The van der Waals surface area contributed by atoms with Crippen molar-refractivity contribution in [2.45, 2.75) is 24.2 Å². The van der Waals surface area contributed by atoms with Crippen LogP contribution in [0.15, 0.2) is 107 Å². The van der Waals surface area contributed by atoms with Crippen molar-refractivity contribution in [1.29, 1.82) is 0 Å². The summed E-state index contributed by atoms with van der Waals surface area (Å²) in [6.07, 6.45) is -1.57. The Morgan fingerprint density at radius 3 is 1.98 bits per heavy atom. The maximum atomic E-state index is 15.5. The zero-order chi connectivity index (χ0) is 28.3. The number of hydrogen-bond donors (Lipinski definition) is 1. The van der Waals surface area contributed by atoms with Gasteiger partial charge in [-0.05, 0) is 66.1 Å². The zero-order valence-corrected chi connectivity index (χ0v) is 23.9. The lowest BCUT2D eigenvalue weighted by Gasteiger charge is -2.41. The minimum atomic E-state index is -1.57. The number of amidine groups is 1. The molecule has 0 radical (unpaired) electrons. The molecule has 0 aromatic heterocycles. The topological polar surface area (TPSA) is 52.1 Å². The highest BCUT2D eigenvalue weighted by Crippen LogP contribution is 2.41. The maximum Gasteiger partial charge on any atom is 0.286 e. The third-order valence-electron chi connectivity index (χ3n) is 7.33. The first-order valence-corrected chi connectivity index (χ1v) is 13.5. The van der Waals surface area contributed by atoms with E-state index in [1.807, 2.05) is 78.9 Å². The summed E-state index contributed by atoms with van der Waals surface area (Å²) in [7, 11) is 3.22. The van der Waals surface area contributed by atoms with Gasteiger partial charge in [0.1, 0.15) is 35.0 Å². The highest BCUT2D eigenvalue weighted by molar-refractivity contribution is 9.10. The van der Waals surface area contributed by atoms with Gasteiger partial charge < -0.3 is 19.5 Å². The first kappa shape index (κ1) is 27.6. The molecule has 4 aromatic rings. The van der Waals surface area contributed by atoms with E-state index in [0.29, 0.717) is 16.0 Å². The van der Waals surface area contributed by atoms with Crippen molar-refractivity contribution in [3.8, 4) is 11.5 Å². The Hall–Kier alpha value is -3.91. The molecule has 0 saturated heterocycles. The number of rotatable bonds is 7. The van der Waals surface area contributed by atoms with Crippen LogP contribution in [-0.2, 0) is 15.8 Å². The van der Waals surface area contributed by atoms with Crippen LogP contribution in [0, 0.1) is 5.82 Å². The molecule has 0 aliphatic carbocycles. The van der Waals surface area contributed by atoms with E-state index >= 15 is 8.78 Å². The molecule has 0 fully saturated rings. The molecule has 8 heteroatoms. The molecule has 0 bridgehead atoms. The van der Waals surface area contributed by atoms with Crippen molar-refractivity contribution in [1.82, 2.24) is 5.32 Å². The Bertz CT molecular complexity index is 1450. The van der Waals surface area contributed by atoms with Gasteiger partial charge in [-0.25, -0.2) is 13.8 Å². The van der Waals surface area contributed by atoms with Crippen LogP contribution in [-0.4, -0.2) is 33.0 Å². The lowest BCUT2D eigenvalue weighted by molar-refractivity contribution is 0.0868. The van der Waals surface area contributed by atoms with Gasteiger partial charge in [0.2, 0.25) is 0 Å². The van der Waals surface area contributed by atoms with E-state index in [2.05, 4.69) is 21.2 Å². The summed E-state index contributed by atoms with van der Waals surface area (Å²) in [6.45, 7) is 1.28. The lowest BCUT2D eigenvalue weighted by atomic mass is 9.77. The molecule has 0 amide bonds. The summed E-state index contributed by atoms with van der Waals surface area (Å²) in [5.41, 5.74) is 0.169. The summed E-state index contributed by atoms with van der Waals surface area (Å²) >= 11 is 3.38. The summed E-state index contributed by atoms with van der Waals surface area (Å²) in [5.74, 6) is 0.854. The van der Waals surface area contributed by atoms with Gasteiger partial charge in [0.05, 0.1) is 14.2 Å². The zero-order valence-electron chi connectivity index (χ0n) is 22.3. The van der Waals surface area contributed by atoms with Gasteiger partial charge in [0.25, 0.3) is 6.02 Å². The van der Waals surface area contributed by atoms with Crippen molar-refractivity contribution in [2.75, 3.05) is 20.8 Å². The average Bonchev–Trinajstić information content (AvgIpc) is 2.99. The Labute approximate surface area is 241 Å². The van der Waals surface area contributed by atoms with Crippen LogP contribution in [0.3, 0.4) is 0 Å². The fourth-order valence-electron chi connectivity index (χ4n) is 5.05. The number of nitrogens with zero attached hydrogens (tertiary/aromatic N) is 1. The fraction of sp³-hybridized carbons (Fsp3) is 0.219. The van der Waals surface area contributed by atoms with E-state index in [-0.39, 0.29) is 18.2 Å². The summed E-state index contributed by atoms with van der Waals surface area (Å²) in [5, 5.41) is 3.52. The van der Waals surface area contributed by atoms with Crippen LogP contribution in [0.1, 0.15) is 29.2 Å². The Morgan fingerprint density at radius 2 is 1.43 bits per heavy atom. The minimum absolute atomic E-state index is 0.0891. The van der Waals surface area contributed by atoms with Gasteiger partial charge in [-0.15, -0.1) is 0 Å². The fourth-order valence-corrected chi connectivity index (χ4v) is 5.41. The summed E-state index contributed by atoms with van der Waals surface area (Å²) in [4.78, 5) is 4.69. The second-order valence-electron chi connectivity index (χ2n) is 9.67. The third kappa shape index (κ3) is 5.04. The number of ether oxygens (including phenoxy) is 3. The van der Waals surface area contributed by atoms with Crippen molar-refractivity contribution >= 4 is 22.0 Å². The first-order valence-electron chi connectivity index (χ1n) is 12.7. The number of alkyl halides is 1. The van der Waals surface area contributed by atoms with Crippen LogP contribution in [0.5, 0.6) is 11.5 Å². The Balaban J connectivity index is 1.73. The highest BCUT2D eigenvalue weighted by Gasteiger charge is 2.45. The second kappa shape index (κ2) is 11.3. The monoisotopic (exact) mass is 606 g/mol. The molecule has 5 rings (SSSR count). The molecule has 4 aromatic carbocycles. The standard InChI is InChI=1S/C32H29BrF2N2O3/c1-31(27-19-24(33)13-18-28(27)34)29(35)20-40-30(36-31)37-32(21-7-5-4-6-8-21,22-9-14-25(38-2)15-10-22)23-11-16-26(39-3)17-12-23/h4-19,29H,20H2,1-3H3,(H,36,37)/t29?,31-/m1/s1. The molecule has 0 spiro atoms. The van der Waals surface area contributed by atoms with E-state index in [0.717, 1.165) is 16.7 Å². The van der Waals surface area contributed by atoms with Crippen LogP contribution in [0.25, 0.3) is 0 Å². The number of benzene rings is 4. The van der Waals surface area contributed by atoms with Crippen molar-refractivity contribution in [3.05, 3.63) is 130 Å². The van der Waals surface area contributed by atoms with Crippen LogP contribution in [0.2, 0.25) is 0 Å². The summed E-state index contributed by atoms with van der Waals surface area (Å²) in [6, 6.07) is 29.7. The maximum absolute atomic E-state index is 15.5. The van der Waals surface area contributed by atoms with Crippen LogP contribution in [0.4, 0.5) is 8.78 Å². The van der Waals surface area contributed by atoms with Gasteiger partial charge in [-0.1, -0.05) is 70.5 Å². The Morgan fingerprint density at radius 1 is 0.875 bits per heavy atom. The SMILES string of the molecule is COc1ccc(C(NC2=N[C@](C)(c3cc(Br)ccc3F)C(F)CO2)(c2ccccc2)c2ccc(OC)cc2)cc1. The third-order valence-corrected chi connectivity index (χ3v) is 7.82. The minimum Gasteiger partial charge on any atom is -0.497 e. The molecule has 0 saturated carbocycles. The van der Waals surface area contributed by atoms with E-state index < -0.39 is 23.1 Å². The molecule has 1 unspecified atom stereocenters. The van der Waals surface area contributed by atoms with Crippen molar-refractivity contribution < 1.29 is 23.0 Å². The quantitative estimate of drug-likeness (QED) is 0.227. The molecule has 1 N–H and O–H groups in total. The van der Waals surface area contributed by atoms with Gasteiger partial charge in [-0.3, -0.25) is 0 Å². The van der Waals surface area contributed by atoms with Crippen LogP contribution < -0.4 is 14.8 Å². The van der Waals surface area contributed by atoms with E-state index in [9.17, 15) is 0 Å². The largest absolute Gasteiger partial charge is 0.497 e. The predicted molar refractivity (Wildman–Crippen MR) is 155 cm³/mol. The molecule has 1 aliphatic rings. The van der Waals surface area contributed by atoms with Gasteiger partial charge >= 0.3 is 0 Å². The van der Waals surface area contributed by atoms with Gasteiger partial charge in [-0.2, -0.15) is 0 Å². The number of nitrogens with one attached hydrogen (secondary N) is 1. The molecule has 1 heterocycles. The van der Waals surface area contributed by atoms with Gasteiger partial charge in [0.15, 0.2) is 6.17 Å². The number of methoxy groups -OCH3 is 2.